The molecule has 1 aliphatic rings. The zero-order valence-electron chi connectivity index (χ0n) is 12.4. The lowest BCUT2D eigenvalue weighted by Crippen LogP contribution is -2.40. The molecule has 23 heavy (non-hydrogen) atoms. The fourth-order valence-electron chi connectivity index (χ4n) is 2.91. The SMILES string of the molecule is O=C(COc1cc(F)ccc1F)NC1CCCC1n1ccnc1. The number of benzene rings is 1. The minimum Gasteiger partial charge on any atom is -0.481 e. The summed E-state index contributed by atoms with van der Waals surface area (Å²) in [5.41, 5.74) is 0. The third-order valence-electron chi connectivity index (χ3n) is 3.99. The Balaban J connectivity index is 1.56. The minimum absolute atomic E-state index is 0.0161. The van der Waals surface area contributed by atoms with Crippen LogP contribution in [0.2, 0.25) is 0 Å². The molecule has 1 saturated carbocycles. The van der Waals surface area contributed by atoms with Crippen molar-refractivity contribution < 1.29 is 18.3 Å². The highest BCUT2D eigenvalue weighted by atomic mass is 19.1. The van der Waals surface area contributed by atoms with Gasteiger partial charge in [0.15, 0.2) is 18.2 Å². The van der Waals surface area contributed by atoms with Crippen molar-refractivity contribution >= 4 is 5.91 Å². The highest BCUT2D eigenvalue weighted by molar-refractivity contribution is 5.78. The number of hydrogen-bond donors (Lipinski definition) is 1. The van der Waals surface area contributed by atoms with Crippen LogP contribution < -0.4 is 10.1 Å². The molecule has 122 valence electrons. The largest absolute Gasteiger partial charge is 0.481 e. The van der Waals surface area contributed by atoms with Crippen molar-refractivity contribution in [2.45, 2.75) is 31.3 Å². The molecule has 3 rings (SSSR count). The Morgan fingerprint density at radius 3 is 3.04 bits per heavy atom. The lowest BCUT2D eigenvalue weighted by atomic mass is 10.1. The number of aromatic nitrogens is 2. The van der Waals surface area contributed by atoms with Gasteiger partial charge in [-0.1, -0.05) is 0 Å². The van der Waals surface area contributed by atoms with Crippen LogP contribution in [0, 0.1) is 11.6 Å². The third kappa shape index (κ3) is 3.67. The number of rotatable bonds is 5. The summed E-state index contributed by atoms with van der Waals surface area (Å²) < 4.78 is 33.5. The Kier molecular flexibility index (Phi) is 4.55. The Labute approximate surface area is 132 Å². The highest BCUT2D eigenvalue weighted by Gasteiger charge is 2.29. The second-order valence-electron chi connectivity index (χ2n) is 5.55. The number of carbonyl (C=O) groups excluding carboxylic acids is 1. The van der Waals surface area contributed by atoms with E-state index in [9.17, 15) is 13.6 Å². The van der Waals surface area contributed by atoms with Gasteiger partial charge in [0.2, 0.25) is 0 Å². The van der Waals surface area contributed by atoms with E-state index in [0.717, 1.165) is 37.5 Å². The number of hydrogen-bond acceptors (Lipinski definition) is 3. The first-order valence-corrected chi connectivity index (χ1v) is 7.48. The predicted molar refractivity (Wildman–Crippen MR) is 78.9 cm³/mol. The van der Waals surface area contributed by atoms with E-state index < -0.39 is 11.6 Å². The number of imidazole rings is 1. The molecule has 1 aliphatic carbocycles. The number of nitrogens with one attached hydrogen (secondary N) is 1. The number of nitrogens with zero attached hydrogens (tertiary/aromatic N) is 2. The molecule has 1 aromatic heterocycles. The quantitative estimate of drug-likeness (QED) is 0.920. The number of halogens is 2. The molecule has 1 fully saturated rings. The Morgan fingerprint density at radius 2 is 2.26 bits per heavy atom. The average Bonchev–Trinajstić information content (AvgIpc) is 3.19. The van der Waals surface area contributed by atoms with Crippen LogP contribution in [-0.4, -0.2) is 28.1 Å². The maximum absolute atomic E-state index is 13.4. The molecule has 1 aromatic carbocycles. The van der Waals surface area contributed by atoms with Gasteiger partial charge in [0, 0.05) is 24.5 Å². The first-order chi connectivity index (χ1) is 11.1. The van der Waals surface area contributed by atoms with E-state index in [1.54, 1.807) is 12.5 Å². The molecule has 1 amide bonds. The third-order valence-corrected chi connectivity index (χ3v) is 3.99. The van der Waals surface area contributed by atoms with Crippen molar-refractivity contribution in [2.75, 3.05) is 6.61 Å². The summed E-state index contributed by atoms with van der Waals surface area (Å²) in [5, 5.41) is 2.89. The topological polar surface area (TPSA) is 56.1 Å². The summed E-state index contributed by atoms with van der Waals surface area (Å²) in [5.74, 6) is -1.93. The zero-order valence-corrected chi connectivity index (χ0v) is 12.4. The van der Waals surface area contributed by atoms with Gasteiger partial charge in [0.1, 0.15) is 5.82 Å². The normalized spacial score (nSPS) is 20.4. The monoisotopic (exact) mass is 321 g/mol. The van der Waals surface area contributed by atoms with Crippen molar-refractivity contribution in [3.63, 3.8) is 0 Å². The molecule has 5 nitrogen and oxygen atoms in total. The lowest BCUT2D eigenvalue weighted by molar-refractivity contribution is -0.124. The van der Waals surface area contributed by atoms with E-state index >= 15 is 0 Å². The molecular weight excluding hydrogens is 304 g/mol. The maximum atomic E-state index is 13.4. The van der Waals surface area contributed by atoms with Crippen LogP contribution in [0.25, 0.3) is 0 Å². The van der Waals surface area contributed by atoms with Gasteiger partial charge < -0.3 is 14.6 Å². The number of amides is 1. The van der Waals surface area contributed by atoms with Crippen LogP contribution >= 0.6 is 0 Å². The Bertz CT molecular complexity index is 676. The van der Waals surface area contributed by atoms with Crippen LogP contribution in [-0.2, 0) is 4.79 Å². The van der Waals surface area contributed by atoms with E-state index in [-0.39, 0.29) is 30.3 Å². The lowest BCUT2D eigenvalue weighted by Gasteiger charge is -2.22. The first-order valence-electron chi connectivity index (χ1n) is 7.48. The molecule has 2 atom stereocenters. The summed E-state index contributed by atoms with van der Waals surface area (Å²) in [6.45, 7) is -0.354. The maximum Gasteiger partial charge on any atom is 0.258 e. The minimum atomic E-state index is -0.698. The van der Waals surface area contributed by atoms with Crippen LogP contribution in [0.5, 0.6) is 5.75 Å². The van der Waals surface area contributed by atoms with E-state index in [1.165, 1.54) is 0 Å². The summed E-state index contributed by atoms with van der Waals surface area (Å²) in [4.78, 5) is 16.0. The standard InChI is InChI=1S/C16H17F2N3O2/c17-11-4-5-12(18)15(8-11)23-9-16(22)20-13-2-1-3-14(13)21-7-6-19-10-21/h4-8,10,13-14H,1-3,9H2,(H,20,22). The molecule has 2 unspecified atom stereocenters. The highest BCUT2D eigenvalue weighted by Crippen LogP contribution is 2.29. The van der Waals surface area contributed by atoms with Gasteiger partial charge >= 0.3 is 0 Å². The molecule has 0 aliphatic heterocycles. The van der Waals surface area contributed by atoms with Gasteiger partial charge in [-0.15, -0.1) is 0 Å². The van der Waals surface area contributed by atoms with Gasteiger partial charge in [0.25, 0.3) is 5.91 Å². The first kappa shape index (κ1) is 15.5. The fraction of sp³-hybridized carbons (Fsp3) is 0.375. The van der Waals surface area contributed by atoms with Gasteiger partial charge in [-0.3, -0.25) is 4.79 Å². The van der Waals surface area contributed by atoms with Crippen molar-refractivity contribution in [1.29, 1.82) is 0 Å². The van der Waals surface area contributed by atoms with Gasteiger partial charge in [-0.25, -0.2) is 13.8 Å². The summed E-state index contributed by atoms with van der Waals surface area (Å²) >= 11 is 0. The molecule has 0 bridgehead atoms. The molecule has 1 heterocycles. The van der Waals surface area contributed by atoms with Crippen molar-refractivity contribution in [1.82, 2.24) is 14.9 Å². The summed E-state index contributed by atoms with van der Waals surface area (Å²) in [6.07, 6.45) is 8.13. The molecule has 0 spiro atoms. The predicted octanol–water partition coefficient (Wildman–Crippen LogP) is 2.45. The fourth-order valence-corrected chi connectivity index (χ4v) is 2.91. The van der Waals surface area contributed by atoms with Crippen molar-refractivity contribution in [2.24, 2.45) is 0 Å². The molecular formula is C16H17F2N3O2. The number of carbonyl (C=O) groups is 1. The van der Waals surface area contributed by atoms with Crippen molar-refractivity contribution in [3.8, 4) is 5.75 Å². The summed E-state index contributed by atoms with van der Waals surface area (Å²) in [6, 6.07) is 3.03. The average molecular weight is 321 g/mol. The van der Waals surface area contributed by atoms with Crippen LogP contribution in [0.15, 0.2) is 36.9 Å². The van der Waals surface area contributed by atoms with Crippen LogP contribution in [0.1, 0.15) is 25.3 Å². The van der Waals surface area contributed by atoms with E-state index in [1.807, 2.05) is 10.8 Å². The van der Waals surface area contributed by atoms with Crippen LogP contribution in [0.4, 0.5) is 8.78 Å². The van der Waals surface area contributed by atoms with E-state index in [0.29, 0.717) is 0 Å². The summed E-state index contributed by atoms with van der Waals surface area (Å²) in [7, 11) is 0. The van der Waals surface area contributed by atoms with Crippen molar-refractivity contribution in [3.05, 3.63) is 48.6 Å². The zero-order chi connectivity index (χ0) is 16.2. The second-order valence-corrected chi connectivity index (χ2v) is 5.55. The molecule has 2 aromatic rings. The van der Waals surface area contributed by atoms with Gasteiger partial charge in [-0.05, 0) is 31.4 Å². The molecule has 1 N–H and O–H groups in total. The smallest absolute Gasteiger partial charge is 0.258 e. The number of ether oxygens (including phenoxy) is 1. The molecule has 0 radical (unpaired) electrons. The van der Waals surface area contributed by atoms with E-state index in [4.69, 9.17) is 4.74 Å². The second kappa shape index (κ2) is 6.76. The molecule has 0 saturated heterocycles. The van der Waals surface area contributed by atoms with Crippen LogP contribution in [0.3, 0.4) is 0 Å². The Hall–Kier alpha value is -2.44. The van der Waals surface area contributed by atoms with Gasteiger partial charge in [0.05, 0.1) is 12.4 Å². The molecule has 7 heteroatoms. The Morgan fingerprint density at radius 1 is 1.39 bits per heavy atom. The van der Waals surface area contributed by atoms with E-state index in [2.05, 4.69) is 10.3 Å². The van der Waals surface area contributed by atoms with Gasteiger partial charge in [-0.2, -0.15) is 0 Å².